The van der Waals surface area contributed by atoms with Crippen molar-refractivity contribution < 1.29 is 19.2 Å². The van der Waals surface area contributed by atoms with Crippen molar-refractivity contribution in [2.75, 3.05) is 0 Å². The summed E-state index contributed by atoms with van der Waals surface area (Å²) in [7, 11) is 0. The highest BCUT2D eigenvalue weighted by atomic mass is 16.5. The molecule has 0 aliphatic heterocycles. The van der Waals surface area contributed by atoms with Crippen LogP contribution in [0.25, 0.3) is 6.08 Å². The number of carboxylic acids is 1. The first-order valence-electron chi connectivity index (χ1n) is 6.51. The van der Waals surface area contributed by atoms with Gasteiger partial charge in [-0.2, -0.15) is 5.26 Å². The molecule has 0 spiro atoms. The van der Waals surface area contributed by atoms with Crippen LogP contribution < -0.4 is 4.74 Å². The van der Waals surface area contributed by atoms with E-state index < -0.39 is 5.97 Å². The summed E-state index contributed by atoms with van der Waals surface area (Å²) in [4.78, 5) is 10.8. The monoisotopic (exact) mass is 298 g/mol. The second-order valence-electron chi connectivity index (χ2n) is 4.64. The third-order valence-electron chi connectivity index (χ3n) is 3.11. The maximum absolute atomic E-state index is 10.8. The molecular weight excluding hydrogens is 284 g/mol. The molecule has 6 nitrogen and oxygen atoms in total. The van der Waals surface area contributed by atoms with Gasteiger partial charge in [0.1, 0.15) is 29.8 Å². The average Bonchev–Trinajstić information content (AvgIpc) is 2.82. The molecule has 2 aromatic rings. The Morgan fingerprint density at radius 3 is 2.59 bits per heavy atom. The molecule has 0 saturated heterocycles. The van der Waals surface area contributed by atoms with E-state index in [4.69, 9.17) is 19.6 Å². The number of carboxylic acid groups (broad SMARTS) is 1. The number of nitrogens with zero attached hydrogens (tertiary/aromatic N) is 2. The number of carbonyl (C=O) groups is 1. The Morgan fingerprint density at radius 2 is 2.09 bits per heavy atom. The van der Waals surface area contributed by atoms with Crippen molar-refractivity contribution in [3.63, 3.8) is 0 Å². The smallest absolute Gasteiger partial charge is 0.346 e. The van der Waals surface area contributed by atoms with Gasteiger partial charge >= 0.3 is 5.97 Å². The molecule has 0 aliphatic rings. The van der Waals surface area contributed by atoms with Crippen molar-refractivity contribution in [2.45, 2.75) is 20.5 Å². The molecule has 112 valence electrons. The Hall–Kier alpha value is -3.07. The van der Waals surface area contributed by atoms with Gasteiger partial charge in [-0.3, -0.25) is 0 Å². The molecule has 0 fully saturated rings. The minimum atomic E-state index is -1.25. The van der Waals surface area contributed by atoms with Crippen molar-refractivity contribution in [1.82, 2.24) is 5.16 Å². The van der Waals surface area contributed by atoms with E-state index in [0.29, 0.717) is 17.9 Å². The highest BCUT2D eigenvalue weighted by Crippen LogP contribution is 2.18. The van der Waals surface area contributed by atoms with Gasteiger partial charge in [0.05, 0.1) is 11.3 Å². The van der Waals surface area contributed by atoms with Crippen LogP contribution in [0.1, 0.15) is 22.6 Å². The summed E-state index contributed by atoms with van der Waals surface area (Å²) in [6, 6.07) is 8.42. The van der Waals surface area contributed by atoms with Crippen LogP contribution in [0.2, 0.25) is 0 Å². The Bertz CT molecular complexity index is 732. The number of ether oxygens (including phenoxy) is 1. The highest BCUT2D eigenvalue weighted by Gasteiger charge is 2.09. The maximum Gasteiger partial charge on any atom is 0.346 e. The van der Waals surface area contributed by atoms with Crippen molar-refractivity contribution in [1.29, 1.82) is 5.26 Å². The fraction of sp³-hybridized carbons (Fsp3) is 0.188. The first-order chi connectivity index (χ1) is 10.5. The van der Waals surface area contributed by atoms with Crippen LogP contribution in [0, 0.1) is 25.2 Å². The molecule has 0 aliphatic carbocycles. The molecule has 0 amide bonds. The summed E-state index contributed by atoms with van der Waals surface area (Å²) in [5.41, 5.74) is 1.99. The molecule has 0 unspecified atom stereocenters. The third-order valence-corrected chi connectivity index (χ3v) is 3.11. The van der Waals surface area contributed by atoms with Crippen molar-refractivity contribution in [3.05, 3.63) is 52.4 Å². The number of benzene rings is 1. The number of aromatic nitrogens is 1. The highest BCUT2D eigenvalue weighted by molar-refractivity contribution is 5.96. The topological polar surface area (TPSA) is 96.4 Å². The van der Waals surface area contributed by atoms with E-state index in [1.165, 1.54) is 6.08 Å². The standard InChI is InChI=1S/C16H14N2O4/c1-10-15(11(2)22-18-10)9-21-14-5-3-12(4-6-14)7-13(8-17)16(19)20/h3-7H,9H2,1-2H3,(H,19,20)/b13-7-. The number of hydrogen-bond acceptors (Lipinski definition) is 5. The van der Waals surface area contributed by atoms with Crippen LogP contribution in [0.5, 0.6) is 5.75 Å². The van der Waals surface area contributed by atoms with Crippen LogP contribution in [-0.4, -0.2) is 16.2 Å². The molecule has 1 aromatic heterocycles. The van der Waals surface area contributed by atoms with Gasteiger partial charge in [-0.05, 0) is 37.6 Å². The van der Waals surface area contributed by atoms with Gasteiger partial charge < -0.3 is 14.4 Å². The Morgan fingerprint density at radius 1 is 1.41 bits per heavy atom. The van der Waals surface area contributed by atoms with Gasteiger partial charge in [-0.25, -0.2) is 4.79 Å². The molecule has 22 heavy (non-hydrogen) atoms. The normalized spacial score (nSPS) is 11.0. The number of rotatable bonds is 5. The fourth-order valence-corrected chi connectivity index (χ4v) is 1.83. The van der Waals surface area contributed by atoms with Crippen LogP contribution in [0.3, 0.4) is 0 Å². The maximum atomic E-state index is 10.8. The molecule has 1 N–H and O–H groups in total. The third kappa shape index (κ3) is 3.52. The minimum Gasteiger partial charge on any atom is -0.489 e. The summed E-state index contributed by atoms with van der Waals surface area (Å²) in [6.45, 7) is 4.01. The van der Waals surface area contributed by atoms with E-state index in [1.54, 1.807) is 30.3 Å². The fourth-order valence-electron chi connectivity index (χ4n) is 1.83. The van der Waals surface area contributed by atoms with Crippen LogP contribution >= 0.6 is 0 Å². The zero-order chi connectivity index (χ0) is 16.1. The lowest BCUT2D eigenvalue weighted by molar-refractivity contribution is -0.132. The molecule has 0 atom stereocenters. The van der Waals surface area contributed by atoms with Crippen molar-refractivity contribution >= 4 is 12.0 Å². The number of nitriles is 1. The summed E-state index contributed by atoms with van der Waals surface area (Å²) in [6.07, 6.45) is 1.31. The molecule has 6 heteroatoms. The van der Waals surface area contributed by atoms with Gasteiger partial charge in [0.25, 0.3) is 0 Å². The SMILES string of the molecule is Cc1noc(C)c1COc1ccc(/C=C(/C#N)C(=O)O)cc1. The molecule has 1 aromatic carbocycles. The Balaban J connectivity index is 2.07. The van der Waals surface area contributed by atoms with E-state index in [9.17, 15) is 4.79 Å². The van der Waals surface area contributed by atoms with E-state index in [0.717, 1.165) is 17.0 Å². The van der Waals surface area contributed by atoms with Crippen LogP contribution in [0.15, 0.2) is 34.4 Å². The Kier molecular flexibility index (Phi) is 4.59. The number of hydrogen-bond donors (Lipinski definition) is 1. The Labute approximate surface area is 127 Å². The van der Waals surface area contributed by atoms with E-state index >= 15 is 0 Å². The van der Waals surface area contributed by atoms with Crippen LogP contribution in [-0.2, 0) is 11.4 Å². The number of aliphatic carboxylic acids is 1. The molecule has 1 heterocycles. The second kappa shape index (κ2) is 6.59. The molecular formula is C16H14N2O4. The largest absolute Gasteiger partial charge is 0.489 e. The molecule has 0 radical (unpaired) electrons. The first-order valence-corrected chi connectivity index (χ1v) is 6.51. The van der Waals surface area contributed by atoms with E-state index in [-0.39, 0.29) is 5.57 Å². The lowest BCUT2D eigenvalue weighted by Crippen LogP contribution is -1.98. The average molecular weight is 298 g/mol. The van der Waals surface area contributed by atoms with Gasteiger partial charge in [-0.15, -0.1) is 0 Å². The van der Waals surface area contributed by atoms with Gasteiger partial charge in [0.2, 0.25) is 0 Å². The zero-order valence-corrected chi connectivity index (χ0v) is 12.2. The van der Waals surface area contributed by atoms with Crippen molar-refractivity contribution in [3.8, 4) is 11.8 Å². The summed E-state index contributed by atoms with van der Waals surface area (Å²) in [5.74, 6) is 0.101. The van der Waals surface area contributed by atoms with E-state index in [2.05, 4.69) is 5.16 Å². The second-order valence-corrected chi connectivity index (χ2v) is 4.64. The zero-order valence-electron chi connectivity index (χ0n) is 12.2. The lowest BCUT2D eigenvalue weighted by Gasteiger charge is -2.06. The van der Waals surface area contributed by atoms with Gasteiger partial charge in [0, 0.05) is 0 Å². The predicted molar refractivity (Wildman–Crippen MR) is 78.0 cm³/mol. The predicted octanol–water partition coefficient (Wildman–Crippen LogP) is 2.86. The molecule has 0 saturated carbocycles. The summed E-state index contributed by atoms with van der Waals surface area (Å²) in [5, 5.41) is 21.4. The lowest BCUT2D eigenvalue weighted by atomic mass is 10.1. The van der Waals surface area contributed by atoms with E-state index in [1.807, 2.05) is 13.8 Å². The van der Waals surface area contributed by atoms with Crippen LogP contribution in [0.4, 0.5) is 0 Å². The minimum absolute atomic E-state index is 0.315. The van der Waals surface area contributed by atoms with Gasteiger partial charge in [-0.1, -0.05) is 17.3 Å². The summed E-state index contributed by atoms with van der Waals surface area (Å²) >= 11 is 0. The number of aryl methyl sites for hydroxylation is 2. The quantitative estimate of drug-likeness (QED) is 0.673. The summed E-state index contributed by atoms with van der Waals surface area (Å²) < 4.78 is 10.7. The van der Waals surface area contributed by atoms with Crippen molar-refractivity contribution in [2.24, 2.45) is 0 Å². The molecule has 2 rings (SSSR count). The molecule has 0 bridgehead atoms. The first kappa shape index (κ1) is 15.3. The van der Waals surface area contributed by atoms with Gasteiger partial charge in [0.15, 0.2) is 0 Å².